The highest BCUT2D eigenvalue weighted by Crippen LogP contribution is 2.37. The van der Waals surface area contributed by atoms with Crippen molar-refractivity contribution >= 4 is 34.1 Å². The molecule has 0 bridgehead atoms. The van der Waals surface area contributed by atoms with Crippen molar-refractivity contribution in [2.45, 2.75) is 32.1 Å². The minimum Gasteiger partial charge on any atom is -0.212 e. The van der Waals surface area contributed by atoms with Crippen LogP contribution >= 0.6 is 34.1 Å². The predicted molar refractivity (Wildman–Crippen MR) is 80.4 cm³/mol. The van der Waals surface area contributed by atoms with Gasteiger partial charge in [0, 0.05) is 0 Å². The van der Waals surface area contributed by atoms with Gasteiger partial charge in [0.2, 0.25) is 0 Å². The second-order valence-corrected chi connectivity index (χ2v) is 6.53. The fourth-order valence-corrected chi connectivity index (χ4v) is 3.29. The molecule has 1 heterocycles. The number of aromatic nitrogens is 2. The quantitative estimate of drug-likeness (QED) is 0.764. The molecule has 0 spiro atoms. The van der Waals surface area contributed by atoms with Gasteiger partial charge in [-0.15, -0.1) is 0 Å². The van der Waals surface area contributed by atoms with Crippen LogP contribution in [0.4, 0.5) is 0 Å². The SMILES string of the molecule is CCC(CC)(c1ccccc1)c1nsc(I)n1. The van der Waals surface area contributed by atoms with Crippen LogP contribution in [0.1, 0.15) is 38.1 Å². The van der Waals surface area contributed by atoms with Crippen molar-refractivity contribution in [1.29, 1.82) is 0 Å². The topological polar surface area (TPSA) is 25.8 Å². The number of benzene rings is 1. The average molecular weight is 358 g/mol. The Kier molecular flexibility index (Phi) is 4.14. The summed E-state index contributed by atoms with van der Waals surface area (Å²) in [6.07, 6.45) is 2.06. The first kappa shape index (κ1) is 13.0. The maximum atomic E-state index is 4.60. The van der Waals surface area contributed by atoms with E-state index in [2.05, 4.69) is 76.1 Å². The van der Waals surface area contributed by atoms with E-state index in [9.17, 15) is 0 Å². The molecule has 0 unspecified atom stereocenters. The third-order valence-electron chi connectivity index (χ3n) is 3.36. The minimum absolute atomic E-state index is 0.0266. The molecule has 0 saturated heterocycles. The Labute approximate surface area is 120 Å². The molecule has 2 nitrogen and oxygen atoms in total. The highest BCUT2D eigenvalue weighted by molar-refractivity contribution is 14.1. The molecule has 0 aliphatic heterocycles. The maximum absolute atomic E-state index is 4.60. The molecule has 0 atom stereocenters. The van der Waals surface area contributed by atoms with E-state index in [0.717, 1.165) is 21.7 Å². The summed E-state index contributed by atoms with van der Waals surface area (Å²) >= 11 is 3.72. The van der Waals surface area contributed by atoms with Crippen molar-refractivity contribution in [2.24, 2.45) is 0 Å². The number of rotatable bonds is 4. The third kappa shape index (κ3) is 2.38. The minimum atomic E-state index is -0.0266. The molecular formula is C13H15IN2S. The molecule has 1 aromatic heterocycles. The summed E-state index contributed by atoms with van der Waals surface area (Å²) in [5, 5.41) is 0. The van der Waals surface area contributed by atoms with Crippen molar-refractivity contribution < 1.29 is 0 Å². The number of halogens is 1. The molecule has 2 rings (SSSR count). The first-order valence-corrected chi connectivity index (χ1v) is 7.63. The molecule has 0 fully saturated rings. The molecule has 2 aromatic rings. The van der Waals surface area contributed by atoms with E-state index in [1.807, 2.05) is 0 Å². The van der Waals surface area contributed by atoms with E-state index in [-0.39, 0.29) is 5.41 Å². The van der Waals surface area contributed by atoms with Crippen molar-refractivity contribution in [3.63, 3.8) is 0 Å². The second-order valence-electron chi connectivity index (χ2n) is 4.03. The van der Waals surface area contributed by atoms with Crippen LogP contribution in [-0.2, 0) is 5.41 Å². The van der Waals surface area contributed by atoms with E-state index in [1.165, 1.54) is 17.1 Å². The number of hydrogen-bond donors (Lipinski definition) is 0. The zero-order valence-electron chi connectivity index (χ0n) is 9.98. The Morgan fingerprint density at radius 2 is 1.82 bits per heavy atom. The van der Waals surface area contributed by atoms with Crippen LogP contribution in [0, 0.1) is 3.01 Å². The fraction of sp³-hybridized carbons (Fsp3) is 0.385. The molecular weight excluding hydrogens is 343 g/mol. The van der Waals surface area contributed by atoms with Crippen LogP contribution in [0.2, 0.25) is 0 Å². The van der Waals surface area contributed by atoms with Gasteiger partial charge in [-0.05, 0) is 52.5 Å². The second kappa shape index (κ2) is 5.44. The fourth-order valence-electron chi connectivity index (χ4n) is 2.26. The van der Waals surface area contributed by atoms with Gasteiger partial charge in [-0.25, -0.2) is 4.98 Å². The summed E-state index contributed by atoms with van der Waals surface area (Å²) in [6, 6.07) is 10.6. The molecule has 17 heavy (non-hydrogen) atoms. The Hall–Kier alpha value is -0.490. The van der Waals surface area contributed by atoms with Crippen LogP contribution in [0.3, 0.4) is 0 Å². The van der Waals surface area contributed by atoms with Gasteiger partial charge in [0.15, 0.2) is 8.84 Å². The lowest BCUT2D eigenvalue weighted by molar-refractivity contribution is 0.454. The Morgan fingerprint density at radius 1 is 1.18 bits per heavy atom. The molecule has 90 valence electrons. The van der Waals surface area contributed by atoms with E-state index < -0.39 is 0 Å². The van der Waals surface area contributed by atoms with Gasteiger partial charge in [0.1, 0.15) is 0 Å². The van der Waals surface area contributed by atoms with Gasteiger partial charge in [0.25, 0.3) is 0 Å². The number of hydrogen-bond acceptors (Lipinski definition) is 3. The molecule has 0 radical (unpaired) electrons. The van der Waals surface area contributed by atoms with E-state index in [0.29, 0.717) is 0 Å². The Morgan fingerprint density at radius 3 is 2.29 bits per heavy atom. The molecule has 4 heteroatoms. The van der Waals surface area contributed by atoms with Crippen molar-refractivity contribution in [3.05, 3.63) is 44.7 Å². The number of nitrogens with zero attached hydrogens (tertiary/aromatic N) is 2. The highest BCUT2D eigenvalue weighted by Gasteiger charge is 2.34. The molecule has 0 N–H and O–H groups in total. The van der Waals surface area contributed by atoms with Crippen molar-refractivity contribution in [1.82, 2.24) is 9.36 Å². The Bertz CT molecular complexity index is 477. The monoisotopic (exact) mass is 358 g/mol. The zero-order chi connectivity index (χ0) is 12.3. The van der Waals surface area contributed by atoms with Gasteiger partial charge in [-0.3, -0.25) is 0 Å². The normalized spacial score (nSPS) is 11.7. The third-order valence-corrected chi connectivity index (χ3v) is 4.70. The Balaban J connectivity index is 2.53. The first-order chi connectivity index (χ1) is 8.23. The summed E-state index contributed by atoms with van der Waals surface area (Å²) < 4.78 is 5.54. The predicted octanol–water partition coefficient (Wildman–Crippen LogP) is 4.25. The van der Waals surface area contributed by atoms with Gasteiger partial charge >= 0.3 is 0 Å². The summed E-state index contributed by atoms with van der Waals surface area (Å²) in [7, 11) is 0. The summed E-state index contributed by atoms with van der Waals surface area (Å²) in [5.41, 5.74) is 1.29. The molecule has 0 amide bonds. The van der Waals surface area contributed by atoms with Crippen LogP contribution < -0.4 is 0 Å². The smallest absolute Gasteiger partial charge is 0.174 e. The largest absolute Gasteiger partial charge is 0.212 e. The van der Waals surface area contributed by atoms with Crippen LogP contribution in [-0.4, -0.2) is 9.36 Å². The van der Waals surface area contributed by atoms with Gasteiger partial charge in [-0.1, -0.05) is 44.2 Å². The highest BCUT2D eigenvalue weighted by atomic mass is 127. The summed E-state index contributed by atoms with van der Waals surface area (Å²) in [6.45, 7) is 4.43. The van der Waals surface area contributed by atoms with Gasteiger partial charge < -0.3 is 0 Å². The van der Waals surface area contributed by atoms with Gasteiger partial charge in [-0.2, -0.15) is 4.37 Å². The van der Waals surface area contributed by atoms with E-state index in [1.54, 1.807) is 0 Å². The van der Waals surface area contributed by atoms with Crippen molar-refractivity contribution in [2.75, 3.05) is 0 Å². The molecule has 0 aliphatic carbocycles. The lowest BCUT2D eigenvalue weighted by Crippen LogP contribution is -2.27. The van der Waals surface area contributed by atoms with E-state index >= 15 is 0 Å². The lowest BCUT2D eigenvalue weighted by Gasteiger charge is -2.29. The first-order valence-electron chi connectivity index (χ1n) is 5.78. The zero-order valence-corrected chi connectivity index (χ0v) is 13.0. The summed E-state index contributed by atoms with van der Waals surface area (Å²) in [5.74, 6) is 0.975. The standard InChI is InChI=1S/C13H15IN2S/c1-3-13(4-2,10-8-6-5-7-9-10)11-15-12(14)17-16-11/h5-9H,3-4H2,1-2H3. The lowest BCUT2D eigenvalue weighted by atomic mass is 9.75. The molecule has 0 saturated carbocycles. The summed E-state index contributed by atoms with van der Waals surface area (Å²) in [4.78, 5) is 4.60. The molecule has 1 aromatic carbocycles. The van der Waals surface area contributed by atoms with Crippen LogP contribution in [0.5, 0.6) is 0 Å². The van der Waals surface area contributed by atoms with Crippen LogP contribution in [0.25, 0.3) is 0 Å². The van der Waals surface area contributed by atoms with E-state index in [4.69, 9.17) is 0 Å². The maximum Gasteiger partial charge on any atom is 0.174 e. The van der Waals surface area contributed by atoms with Gasteiger partial charge in [0.05, 0.1) is 5.41 Å². The average Bonchev–Trinajstić information content (AvgIpc) is 2.80. The molecule has 0 aliphatic rings. The van der Waals surface area contributed by atoms with Crippen molar-refractivity contribution in [3.8, 4) is 0 Å². The van der Waals surface area contributed by atoms with Crippen LogP contribution in [0.15, 0.2) is 30.3 Å².